The highest BCUT2D eigenvalue weighted by atomic mass is 35.5. The largest absolute Gasteiger partial charge is 0.496 e. The van der Waals surface area contributed by atoms with Gasteiger partial charge >= 0.3 is 5.97 Å². The van der Waals surface area contributed by atoms with Crippen LogP contribution in [0.3, 0.4) is 0 Å². The Kier molecular flexibility index (Phi) is 7.70. The van der Waals surface area contributed by atoms with Gasteiger partial charge in [-0.25, -0.2) is 0 Å². The van der Waals surface area contributed by atoms with E-state index in [2.05, 4.69) is 5.32 Å². The summed E-state index contributed by atoms with van der Waals surface area (Å²) >= 11 is 6.04. The normalized spacial score (nSPS) is 20.1. The Labute approximate surface area is 163 Å². The molecule has 0 unspecified atom stereocenters. The summed E-state index contributed by atoms with van der Waals surface area (Å²) in [5.41, 5.74) is 6.41. The fourth-order valence-corrected chi connectivity index (χ4v) is 3.24. The Morgan fingerprint density at radius 2 is 2.11 bits per heavy atom. The van der Waals surface area contributed by atoms with Crippen molar-refractivity contribution in [3.8, 4) is 5.75 Å². The second kappa shape index (κ2) is 9.77. The van der Waals surface area contributed by atoms with Crippen molar-refractivity contribution in [1.29, 1.82) is 0 Å². The van der Waals surface area contributed by atoms with Gasteiger partial charge in [-0.1, -0.05) is 11.6 Å². The number of hydrogen-bond acceptors (Lipinski definition) is 7. The number of hydrogen-bond donors (Lipinski definition) is 2. The van der Waals surface area contributed by atoms with Gasteiger partial charge in [0.1, 0.15) is 5.75 Å². The number of nitrogen functional groups attached to an aromatic ring is 1. The zero-order valence-corrected chi connectivity index (χ0v) is 16.5. The number of anilines is 1. The Bertz CT molecular complexity index is 685. The number of methoxy groups -OCH3 is 2. The molecule has 0 aliphatic carbocycles. The van der Waals surface area contributed by atoms with Gasteiger partial charge in [-0.15, -0.1) is 0 Å². The summed E-state index contributed by atoms with van der Waals surface area (Å²) in [4.78, 5) is 26.4. The Hall–Kier alpha value is -2.03. The van der Waals surface area contributed by atoms with E-state index in [0.717, 1.165) is 0 Å². The lowest BCUT2D eigenvalue weighted by molar-refractivity contribution is -0.145. The Morgan fingerprint density at radius 1 is 1.37 bits per heavy atom. The predicted octanol–water partition coefficient (Wildman–Crippen LogP) is 1.31. The molecule has 1 aromatic carbocycles. The minimum atomic E-state index is -0.320. The first-order valence-corrected chi connectivity index (χ1v) is 9.12. The molecule has 0 radical (unpaired) electrons. The zero-order chi connectivity index (χ0) is 20.0. The number of benzene rings is 1. The monoisotopic (exact) mass is 399 g/mol. The van der Waals surface area contributed by atoms with Crippen molar-refractivity contribution >= 4 is 29.2 Å². The molecule has 0 saturated carbocycles. The van der Waals surface area contributed by atoms with Crippen molar-refractivity contribution in [3.05, 3.63) is 22.7 Å². The highest BCUT2D eigenvalue weighted by Crippen LogP contribution is 2.29. The van der Waals surface area contributed by atoms with E-state index in [4.69, 9.17) is 31.5 Å². The lowest BCUT2D eigenvalue weighted by atomic mass is 10.0. The van der Waals surface area contributed by atoms with Crippen molar-refractivity contribution in [1.82, 2.24) is 10.2 Å². The zero-order valence-electron chi connectivity index (χ0n) is 15.8. The number of nitrogens with zero attached hydrogens (tertiary/aromatic N) is 1. The summed E-state index contributed by atoms with van der Waals surface area (Å²) in [5, 5.41) is 3.26. The number of nitrogens with two attached hydrogens (primary N) is 1. The van der Waals surface area contributed by atoms with Gasteiger partial charge in [-0.2, -0.15) is 0 Å². The van der Waals surface area contributed by atoms with E-state index in [1.54, 1.807) is 14.0 Å². The second-order valence-electron chi connectivity index (χ2n) is 6.26. The number of piperidine rings is 1. The number of nitrogens with one attached hydrogen (secondary N) is 1. The maximum atomic E-state index is 12.7. The van der Waals surface area contributed by atoms with Crippen LogP contribution in [-0.2, 0) is 14.3 Å². The Morgan fingerprint density at radius 3 is 2.74 bits per heavy atom. The third kappa shape index (κ3) is 5.47. The minimum absolute atomic E-state index is 0.204. The molecule has 1 amide bonds. The molecule has 1 aliphatic heterocycles. The number of ether oxygens (including phenoxy) is 3. The van der Waals surface area contributed by atoms with Crippen LogP contribution in [0.25, 0.3) is 0 Å². The molecule has 2 rings (SSSR count). The van der Waals surface area contributed by atoms with Gasteiger partial charge in [0, 0.05) is 26.3 Å². The smallest absolute Gasteiger partial charge is 0.320 e. The van der Waals surface area contributed by atoms with Crippen molar-refractivity contribution in [2.75, 3.05) is 46.2 Å². The van der Waals surface area contributed by atoms with Crippen molar-refractivity contribution in [2.45, 2.75) is 25.5 Å². The van der Waals surface area contributed by atoms with Crippen LogP contribution >= 0.6 is 11.6 Å². The van der Waals surface area contributed by atoms with Gasteiger partial charge in [-0.3, -0.25) is 14.5 Å². The summed E-state index contributed by atoms with van der Waals surface area (Å²) in [6.07, 6.45) is 0.377. The summed E-state index contributed by atoms with van der Waals surface area (Å²) < 4.78 is 15.7. The first kappa shape index (κ1) is 21.3. The van der Waals surface area contributed by atoms with Gasteiger partial charge in [-0.05, 0) is 19.4 Å². The summed E-state index contributed by atoms with van der Waals surface area (Å²) in [5.74, 6) is -0.237. The molecule has 0 aromatic heterocycles. The molecule has 1 aliphatic rings. The van der Waals surface area contributed by atoms with Gasteiger partial charge in [0.05, 0.1) is 48.7 Å². The molecule has 27 heavy (non-hydrogen) atoms. The first-order valence-electron chi connectivity index (χ1n) is 8.74. The van der Waals surface area contributed by atoms with Crippen molar-refractivity contribution in [3.63, 3.8) is 0 Å². The van der Waals surface area contributed by atoms with E-state index < -0.39 is 0 Å². The molecule has 1 fully saturated rings. The van der Waals surface area contributed by atoms with Gasteiger partial charge in [0.15, 0.2) is 0 Å². The first-order chi connectivity index (χ1) is 12.9. The highest BCUT2D eigenvalue weighted by Gasteiger charge is 2.32. The Balaban J connectivity index is 2.04. The minimum Gasteiger partial charge on any atom is -0.496 e. The van der Waals surface area contributed by atoms with Crippen LogP contribution in [0.4, 0.5) is 5.69 Å². The molecule has 1 heterocycles. The van der Waals surface area contributed by atoms with Gasteiger partial charge in [0.2, 0.25) is 0 Å². The summed E-state index contributed by atoms with van der Waals surface area (Å²) in [7, 11) is 3.05. The standard InChI is InChI=1S/C18H26ClN3O5/c1-4-27-17(23)10-22-6-5-14(16(9-22)26-3)21-18(24)11-7-12(19)13(20)8-15(11)25-2/h7-8,14,16H,4-6,9-10,20H2,1-3H3,(H,21,24)/t14-,16+/m0/s1. The predicted molar refractivity (Wildman–Crippen MR) is 102 cm³/mol. The van der Waals surface area contributed by atoms with E-state index >= 15 is 0 Å². The van der Waals surface area contributed by atoms with Crippen LogP contribution in [0.2, 0.25) is 5.02 Å². The average Bonchev–Trinajstić information content (AvgIpc) is 2.64. The molecule has 150 valence electrons. The fourth-order valence-electron chi connectivity index (χ4n) is 3.08. The lowest BCUT2D eigenvalue weighted by Gasteiger charge is -2.37. The molecule has 9 heteroatoms. The number of esters is 1. The van der Waals surface area contributed by atoms with E-state index in [-0.39, 0.29) is 35.6 Å². The molecule has 0 bridgehead atoms. The summed E-state index contributed by atoms with van der Waals surface area (Å²) in [6, 6.07) is 2.80. The number of amides is 1. The van der Waals surface area contributed by atoms with Crippen molar-refractivity contribution in [2.24, 2.45) is 0 Å². The van der Waals surface area contributed by atoms with E-state index in [9.17, 15) is 9.59 Å². The number of carbonyl (C=O) groups is 2. The van der Waals surface area contributed by atoms with Crippen LogP contribution < -0.4 is 15.8 Å². The topological polar surface area (TPSA) is 103 Å². The number of halogens is 1. The molecule has 3 N–H and O–H groups in total. The summed E-state index contributed by atoms with van der Waals surface area (Å²) in [6.45, 7) is 3.49. The molecule has 0 spiro atoms. The van der Waals surface area contributed by atoms with Crippen LogP contribution in [0.5, 0.6) is 5.75 Å². The molecular weight excluding hydrogens is 374 g/mol. The van der Waals surface area contributed by atoms with Gasteiger partial charge in [0.25, 0.3) is 5.91 Å². The molecule has 1 saturated heterocycles. The molecule has 1 aromatic rings. The van der Waals surface area contributed by atoms with Crippen LogP contribution in [-0.4, -0.2) is 69.4 Å². The molecule has 2 atom stereocenters. The third-order valence-electron chi connectivity index (χ3n) is 4.48. The number of rotatable bonds is 7. The van der Waals surface area contributed by atoms with Crippen LogP contribution in [0, 0.1) is 0 Å². The number of carbonyl (C=O) groups excluding carboxylic acids is 2. The number of likely N-dealkylation sites (tertiary alicyclic amines) is 1. The highest BCUT2D eigenvalue weighted by molar-refractivity contribution is 6.33. The molecular formula is C18H26ClN3O5. The second-order valence-corrected chi connectivity index (χ2v) is 6.66. The van der Waals surface area contributed by atoms with Gasteiger partial charge < -0.3 is 25.3 Å². The van der Waals surface area contributed by atoms with E-state index in [1.807, 2.05) is 4.90 Å². The third-order valence-corrected chi connectivity index (χ3v) is 4.81. The van der Waals surface area contributed by atoms with E-state index in [0.29, 0.717) is 43.1 Å². The maximum Gasteiger partial charge on any atom is 0.320 e. The maximum absolute atomic E-state index is 12.7. The van der Waals surface area contributed by atoms with E-state index in [1.165, 1.54) is 19.2 Å². The van der Waals surface area contributed by atoms with Crippen LogP contribution in [0.15, 0.2) is 12.1 Å². The lowest BCUT2D eigenvalue weighted by Crippen LogP contribution is -2.55. The fraction of sp³-hybridized carbons (Fsp3) is 0.556. The SMILES string of the molecule is CCOC(=O)CN1CC[C@H](NC(=O)c2cc(Cl)c(N)cc2OC)[C@H](OC)C1. The van der Waals surface area contributed by atoms with Crippen LogP contribution in [0.1, 0.15) is 23.7 Å². The van der Waals surface area contributed by atoms with Crippen molar-refractivity contribution < 1.29 is 23.8 Å². The quantitative estimate of drug-likeness (QED) is 0.526. The molecule has 8 nitrogen and oxygen atoms in total. The average molecular weight is 400 g/mol.